The van der Waals surface area contributed by atoms with Crippen molar-refractivity contribution in [2.45, 2.75) is 12.3 Å². The third-order valence-corrected chi connectivity index (χ3v) is 6.75. The second-order valence-corrected chi connectivity index (χ2v) is 8.85. The highest BCUT2D eigenvalue weighted by Gasteiger charge is 2.40. The van der Waals surface area contributed by atoms with Gasteiger partial charge in [0.15, 0.2) is 28.8 Å². The van der Waals surface area contributed by atoms with Gasteiger partial charge in [-0.3, -0.25) is 9.59 Å². The van der Waals surface area contributed by atoms with Crippen molar-refractivity contribution in [1.29, 1.82) is 0 Å². The fourth-order valence-electron chi connectivity index (χ4n) is 5.07. The van der Waals surface area contributed by atoms with E-state index < -0.39 is 11.9 Å². The van der Waals surface area contributed by atoms with Gasteiger partial charge in [-0.15, -0.1) is 0 Å². The lowest BCUT2D eigenvalue weighted by Crippen LogP contribution is -2.22. The number of esters is 1. The molecule has 0 fully saturated rings. The minimum Gasteiger partial charge on any atom is -0.493 e. The molecular formula is C29H24O9. The predicted molar refractivity (Wildman–Crippen MR) is 135 cm³/mol. The lowest BCUT2D eigenvalue weighted by Gasteiger charge is -2.28. The summed E-state index contributed by atoms with van der Waals surface area (Å²) in [5, 5.41) is 0. The van der Waals surface area contributed by atoms with E-state index in [0.717, 1.165) is 5.56 Å². The molecule has 3 aromatic carbocycles. The van der Waals surface area contributed by atoms with E-state index in [1.54, 1.807) is 36.4 Å². The number of hydrogen-bond acceptors (Lipinski definition) is 9. The number of Topliss-reactive ketones (excluding diaryl/α,β-unsaturated/α-hetero) is 1. The molecular weight excluding hydrogens is 492 g/mol. The molecule has 1 unspecified atom stereocenters. The van der Waals surface area contributed by atoms with Crippen molar-refractivity contribution in [3.05, 3.63) is 70.5 Å². The third-order valence-electron chi connectivity index (χ3n) is 6.75. The highest BCUT2D eigenvalue weighted by atomic mass is 16.6. The molecule has 3 aromatic rings. The summed E-state index contributed by atoms with van der Waals surface area (Å²) in [7, 11) is 4.57. The number of hydrogen-bond donors (Lipinski definition) is 0. The maximum absolute atomic E-state index is 13.4. The van der Waals surface area contributed by atoms with Gasteiger partial charge in [-0.1, -0.05) is 12.1 Å². The van der Waals surface area contributed by atoms with Crippen molar-refractivity contribution in [3.8, 4) is 40.2 Å². The summed E-state index contributed by atoms with van der Waals surface area (Å²) in [4.78, 5) is 26.0. The number of carbonyl (C=O) groups excluding carboxylic acids is 2. The van der Waals surface area contributed by atoms with Crippen LogP contribution >= 0.6 is 0 Å². The van der Waals surface area contributed by atoms with Crippen LogP contribution in [0.3, 0.4) is 0 Å². The van der Waals surface area contributed by atoms with Crippen LogP contribution < -0.4 is 33.2 Å². The van der Waals surface area contributed by atoms with Gasteiger partial charge in [0.1, 0.15) is 24.7 Å². The largest absolute Gasteiger partial charge is 0.493 e. The number of ketones is 1. The van der Waals surface area contributed by atoms with E-state index >= 15 is 0 Å². The fraction of sp³-hybridized carbons (Fsp3) is 0.241. The van der Waals surface area contributed by atoms with Crippen LogP contribution in [0, 0.1) is 0 Å². The molecule has 0 amide bonds. The molecule has 0 aliphatic carbocycles. The fourth-order valence-corrected chi connectivity index (χ4v) is 5.07. The number of carbonyl (C=O) groups is 2. The first kappa shape index (κ1) is 23.7. The Morgan fingerprint density at radius 2 is 1.58 bits per heavy atom. The quantitative estimate of drug-likeness (QED) is 0.275. The molecule has 9 nitrogen and oxygen atoms in total. The van der Waals surface area contributed by atoms with Gasteiger partial charge in [0.2, 0.25) is 11.5 Å². The van der Waals surface area contributed by atoms with Crippen molar-refractivity contribution in [1.82, 2.24) is 0 Å². The van der Waals surface area contributed by atoms with Gasteiger partial charge in [-0.25, -0.2) is 0 Å². The minimum absolute atomic E-state index is 0.0219. The Balaban J connectivity index is 1.44. The van der Waals surface area contributed by atoms with Gasteiger partial charge in [-0.2, -0.15) is 0 Å². The molecule has 6 rings (SSSR count). The summed E-state index contributed by atoms with van der Waals surface area (Å²) >= 11 is 0. The van der Waals surface area contributed by atoms with Gasteiger partial charge in [0.05, 0.1) is 33.3 Å². The lowest BCUT2D eigenvalue weighted by atomic mass is 9.84. The number of benzene rings is 3. The molecule has 3 aliphatic heterocycles. The molecule has 0 N–H and O–H groups in total. The average molecular weight is 517 g/mol. The predicted octanol–water partition coefficient (Wildman–Crippen LogP) is 4.54. The molecule has 0 spiro atoms. The molecule has 3 aliphatic rings. The van der Waals surface area contributed by atoms with E-state index in [-0.39, 0.29) is 18.0 Å². The van der Waals surface area contributed by atoms with E-state index in [1.165, 1.54) is 21.3 Å². The van der Waals surface area contributed by atoms with Crippen LogP contribution in [-0.2, 0) is 4.79 Å². The number of ether oxygens (including phenoxy) is 7. The van der Waals surface area contributed by atoms with Crippen molar-refractivity contribution < 1.29 is 42.7 Å². The topological polar surface area (TPSA) is 98.8 Å². The van der Waals surface area contributed by atoms with Crippen molar-refractivity contribution in [2.24, 2.45) is 0 Å². The molecule has 3 heterocycles. The summed E-state index contributed by atoms with van der Waals surface area (Å²) in [5.41, 5.74) is 2.38. The summed E-state index contributed by atoms with van der Waals surface area (Å²) in [6.07, 6.45) is 1.68. The zero-order chi connectivity index (χ0) is 26.4. The molecule has 0 saturated carbocycles. The molecule has 38 heavy (non-hydrogen) atoms. The summed E-state index contributed by atoms with van der Waals surface area (Å²) in [5.74, 6) is 2.22. The summed E-state index contributed by atoms with van der Waals surface area (Å²) in [6.45, 7) is 0.950. The van der Waals surface area contributed by atoms with Crippen LogP contribution in [0.5, 0.6) is 40.2 Å². The van der Waals surface area contributed by atoms with Crippen LogP contribution in [0.2, 0.25) is 0 Å². The number of allylic oxidation sites excluding steroid dienone is 1. The first-order valence-electron chi connectivity index (χ1n) is 12.0. The smallest absolute Gasteiger partial charge is 0.312 e. The second-order valence-electron chi connectivity index (χ2n) is 8.85. The Bertz CT molecular complexity index is 1500. The van der Waals surface area contributed by atoms with Crippen molar-refractivity contribution >= 4 is 17.8 Å². The zero-order valence-corrected chi connectivity index (χ0v) is 21.0. The standard InChI is InChI=1S/C29H24O9/c1-32-21-9-5-16(28(33-2)29(21)34-3)18-14-24(30)37-20-8-6-17-26(31)23(38-27(17)25(18)20)13-15-4-7-19-22(12-15)36-11-10-35-19/h4-9,12-13,18H,10-11,14H2,1-3H3. The normalized spacial score (nSPS) is 18.3. The summed E-state index contributed by atoms with van der Waals surface area (Å²) in [6, 6.07) is 12.2. The molecule has 0 aromatic heterocycles. The van der Waals surface area contributed by atoms with Crippen LogP contribution in [0.15, 0.2) is 48.2 Å². The molecule has 0 saturated heterocycles. The third kappa shape index (κ3) is 3.78. The Hall–Kier alpha value is -4.66. The van der Waals surface area contributed by atoms with Crippen LogP contribution in [0.4, 0.5) is 0 Å². The van der Waals surface area contributed by atoms with E-state index in [4.69, 9.17) is 33.2 Å². The lowest BCUT2D eigenvalue weighted by molar-refractivity contribution is -0.135. The zero-order valence-electron chi connectivity index (χ0n) is 21.0. The van der Waals surface area contributed by atoms with Gasteiger partial charge in [0.25, 0.3) is 0 Å². The molecule has 0 radical (unpaired) electrons. The maximum atomic E-state index is 13.4. The van der Waals surface area contributed by atoms with Crippen molar-refractivity contribution in [2.75, 3.05) is 34.5 Å². The number of rotatable bonds is 5. The second kappa shape index (κ2) is 9.33. The SMILES string of the molecule is COc1ccc(C2CC(=O)Oc3ccc4c(c32)OC(=Cc2ccc3c(c2)OCCO3)C4=O)c(OC)c1OC. The maximum Gasteiger partial charge on any atom is 0.312 e. The monoisotopic (exact) mass is 516 g/mol. The average Bonchev–Trinajstić information content (AvgIpc) is 3.26. The highest BCUT2D eigenvalue weighted by Crippen LogP contribution is 2.53. The van der Waals surface area contributed by atoms with Gasteiger partial charge in [0, 0.05) is 17.0 Å². The first-order chi connectivity index (χ1) is 18.5. The molecule has 0 bridgehead atoms. The Morgan fingerprint density at radius 1 is 0.816 bits per heavy atom. The van der Waals surface area contributed by atoms with Gasteiger partial charge < -0.3 is 33.2 Å². The Kier molecular flexibility index (Phi) is 5.83. The minimum atomic E-state index is -0.516. The Labute approximate surface area is 218 Å². The van der Waals surface area contributed by atoms with Crippen LogP contribution in [0.1, 0.15) is 39.4 Å². The highest BCUT2D eigenvalue weighted by molar-refractivity contribution is 6.15. The molecule has 1 atom stereocenters. The molecule has 194 valence electrons. The van der Waals surface area contributed by atoms with E-state index in [9.17, 15) is 9.59 Å². The van der Waals surface area contributed by atoms with Gasteiger partial charge >= 0.3 is 5.97 Å². The Morgan fingerprint density at radius 3 is 2.34 bits per heavy atom. The van der Waals surface area contributed by atoms with Crippen LogP contribution in [-0.4, -0.2) is 46.3 Å². The molecule has 9 heteroatoms. The van der Waals surface area contributed by atoms with Crippen LogP contribution in [0.25, 0.3) is 6.08 Å². The number of methoxy groups -OCH3 is 3. The van der Waals surface area contributed by atoms with Crippen molar-refractivity contribution in [3.63, 3.8) is 0 Å². The van der Waals surface area contributed by atoms with Gasteiger partial charge in [-0.05, 0) is 42.0 Å². The van der Waals surface area contributed by atoms with E-state index in [1.807, 2.05) is 12.1 Å². The van der Waals surface area contributed by atoms with E-state index in [0.29, 0.717) is 70.2 Å². The summed E-state index contributed by atoms with van der Waals surface area (Å²) < 4.78 is 39.7. The van der Waals surface area contributed by atoms with E-state index in [2.05, 4.69) is 0 Å². The first-order valence-corrected chi connectivity index (χ1v) is 12.0. The number of fused-ring (bicyclic) bond motifs is 4.